The minimum atomic E-state index is -3.82. The molecule has 31 heavy (non-hydrogen) atoms. The summed E-state index contributed by atoms with van der Waals surface area (Å²) in [5.74, 6) is 0.829. The van der Waals surface area contributed by atoms with Crippen molar-refractivity contribution in [1.29, 1.82) is 0 Å². The molecule has 3 rings (SSSR count). The molecule has 1 fully saturated rings. The lowest BCUT2D eigenvalue weighted by molar-refractivity contribution is -0.384. The second-order valence-electron chi connectivity index (χ2n) is 7.04. The number of ether oxygens (including phenoxy) is 2. The number of nitro groups is 1. The number of amides is 1. The van der Waals surface area contributed by atoms with E-state index in [0.717, 1.165) is 12.1 Å². The van der Waals surface area contributed by atoms with Gasteiger partial charge in [0.25, 0.3) is 11.6 Å². The maximum atomic E-state index is 12.9. The molecule has 166 valence electrons. The highest BCUT2D eigenvalue weighted by atomic mass is 32.2. The van der Waals surface area contributed by atoms with Crippen LogP contribution in [-0.4, -0.2) is 57.5 Å². The van der Waals surface area contributed by atoms with Gasteiger partial charge in [-0.05, 0) is 37.1 Å². The minimum absolute atomic E-state index is 0.0416. The summed E-state index contributed by atoms with van der Waals surface area (Å²) in [7, 11) is -0.808. The fraction of sp³-hybridized carbons (Fsp3) is 0.350. The number of piperidine rings is 1. The maximum absolute atomic E-state index is 12.9. The van der Waals surface area contributed by atoms with E-state index in [4.69, 9.17) is 9.47 Å². The highest BCUT2D eigenvalue weighted by Gasteiger charge is 2.28. The highest BCUT2D eigenvalue weighted by molar-refractivity contribution is 7.89. The summed E-state index contributed by atoms with van der Waals surface area (Å²) < 4.78 is 38.2. The number of hydrogen-bond donors (Lipinski definition) is 1. The van der Waals surface area contributed by atoms with Gasteiger partial charge in [0, 0.05) is 42.9 Å². The van der Waals surface area contributed by atoms with Crippen molar-refractivity contribution in [1.82, 2.24) is 9.62 Å². The molecule has 0 aromatic heterocycles. The Morgan fingerprint density at radius 3 is 2.10 bits per heavy atom. The van der Waals surface area contributed by atoms with Gasteiger partial charge < -0.3 is 14.4 Å². The number of non-ortho nitro benzene ring substituents is 1. The quantitative estimate of drug-likeness (QED) is 0.507. The summed E-state index contributed by atoms with van der Waals surface area (Å²) in [5, 5.41) is 10.7. The molecule has 1 amide bonds. The van der Waals surface area contributed by atoms with Crippen molar-refractivity contribution in [2.24, 2.45) is 0 Å². The summed E-state index contributed by atoms with van der Waals surface area (Å²) in [5.41, 5.74) is 0.251. The third-order valence-electron chi connectivity index (χ3n) is 5.06. The van der Waals surface area contributed by atoms with Gasteiger partial charge >= 0.3 is 0 Å². The number of nitrogens with zero attached hydrogens (tertiary/aromatic N) is 2. The van der Waals surface area contributed by atoms with Crippen molar-refractivity contribution in [2.45, 2.75) is 23.8 Å². The van der Waals surface area contributed by atoms with E-state index >= 15 is 0 Å². The minimum Gasteiger partial charge on any atom is -0.497 e. The molecule has 1 N–H and O–H groups in total. The van der Waals surface area contributed by atoms with E-state index in [2.05, 4.69) is 4.72 Å². The molecular weight excluding hydrogens is 426 g/mol. The van der Waals surface area contributed by atoms with E-state index < -0.39 is 14.9 Å². The van der Waals surface area contributed by atoms with Crippen LogP contribution in [0.25, 0.3) is 0 Å². The molecule has 10 nitrogen and oxygen atoms in total. The fourth-order valence-electron chi connectivity index (χ4n) is 3.35. The predicted octanol–water partition coefficient (Wildman–Crippen LogP) is 2.20. The molecule has 1 aliphatic heterocycles. The summed E-state index contributed by atoms with van der Waals surface area (Å²) >= 11 is 0. The average molecular weight is 449 g/mol. The van der Waals surface area contributed by atoms with Gasteiger partial charge in [0.05, 0.1) is 24.0 Å². The Balaban J connectivity index is 1.62. The lowest BCUT2D eigenvalue weighted by Crippen LogP contribution is -2.46. The topological polar surface area (TPSA) is 128 Å². The number of hydrogen-bond acceptors (Lipinski definition) is 7. The van der Waals surface area contributed by atoms with Crippen LogP contribution in [0.15, 0.2) is 47.4 Å². The van der Waals surface area contributed by atoms with Gasteiger partial charge in [0.2, 0.25) is 10.0 Å². The molecule has 0 saturated carbocycles. The van der Waals surface area contributed by atoms with Gasteiger partial charge in [-0.3, -0.25) is 14.9 Å². The van der Waals surface area contributed by atoms with Gasteiger partial charge in [-0.25, -0.2) is 13.1 Å². The normalized spacial score (nSPS) is 14.8. The molecule has 2 aromatic carbocycles. The van der Waals surface area contributed by atoms with E-state index in [-0.39, 0.29) is 22.5 Å². The van der Waals surface area contributed by atoms with Crippen LogP contribution in [0.5, 0.6) is 11.5 Å². The monoisotopic (exact) mass is 449 g/mol. The molecule has 2 aromatic rings. The van der Waals surface area contributed by atoms with Gasteiger partial charge in [-0.1, -0.05) is 0 Å². The first-order valence-electron chi connectivity index (χ1n) is 9.52. The molecule has 1 aliphatic rings. The van der Waals surface area contributed by atoms with E-state index in [1.807, 2.05) is 0 Å². The van der Waals surface area contributed by atoms with Crippen LogP contribution in [0.2, 0.25) is 0 Å². The number of likely N-dealkylation sites (tertiary alicyclic amines) is 1. The van der Waals surface area contributed by atoms with Crippen LogP contribution in [-0.2, 0) is 10.0 Å². The Labute approximate surface area is 180 Å². The van der Waals surface area contributed by atoms with Gasteiger partial charge in [-0.2, -0.15) is 0 Å². The first-order chi connectivity index (χ1) is 14.7. The summed E-state index contributed by atoms with van der Waals surface area (Å²) in [4.78, 5) is 24.6. The van der Waals surface area contributed by atoms with Gasteiger partial charge in [0.15, 0.2) is 0 Å². The third-order valence-corrected chi connectivity index (χ3v) is 6.60. The van der Waals surface area contributed by atoms with Crippen LogP contribution in [0.3, 0.4) is 0 Å². The highest BCUT2D eigenvalue weighted by Crippen LogP contribution is 2.25. The van der Waals surface area contributed by atoms with Crippen LogP contribution < -0.4 is 14.2 Å². The molecule has 0 unspecified atom stereocenters. The number of sulfonamides is 1. The Morgan fingerprint density at radius 2 is 1.61 bits per heavy atom. The molecule has 0 radical (unpaired) electrons. The second-order valence-corrected chi connectivity index (χ2v) is 8.75. The number of nitro benzene ring substituents is 1. The lowest BCUT2D eigenvalue weighted by atomic mass is 10.0. The first-order valence-corrected chi connectivity index (χ1v) is 11.0. The zero-order valence-electron chi connectivity index (χ0n) is 17.1. The standard InChI is InChI=1S/C20H23N3O7S/c1-29-17-11-14(12-18(13-17)30-2)20(24)22-9-7-15(8-10-22)21-31(27,28)19-5-3-16(4-6-19)23(25)26/h3-6,11-13,15,21H,7-10H2,1-2H3. The molecule has 0 aliphatic carbocycles. The van der Waals surface area contributed by atoms with Crippen molar-refractivity contribution in [3.05, 3.63) is 58.1 Å². The van der Waals surface area contributed by atoms with Gasteiger partial charge in [-0.15, -0.1) is 0 Å². The van der Waals surface area contributed by atoms with Crippen molar-refractivity contribution in [2.75, 3.05) is 27.3 Å². The molecule has 1 saturated heterocycles. The van der Waals surface area contributed by atoms with Crippen molar-refractivity contribution < 1.29 is 27.6 Å². The van der Waals surface area contributed by atoms with Gasteiger partial charge in [0.1, 0.15) is 11.5 Å². The maximum Gasteiger partial charge on any atom is 0.269 e. The average Bonchev–Trinajstić information content (AvgIpc) is 2.78. The van der Waals surface area contributed by atoms with Crippen molar-refractivity contribution in [3.63, 3.8) is 0 Å². The second kappa shape index (κ2) is 9.31. The first kappa shape index (κ1) is 22.5. The number of carbonyl (C=O) groups is 1. The number of nitrogens with one attached hydrogen (secondary N) is 1. The largest absolute Gasteiger partial charge is 0.497 e. The molecule has 0 atom stereocenters. The van der Waals surface area contributed by atoms with Crippen LogP contribution in [0, 0.1) is 10.1 Å². The molecular formula is C20H23N3O7S. The Bertz CT molecular complexity index is 1040. The molecule has 1 heterocycles. The summed E-state index contributed by atoms with van der Waals surface area (Å²) in [6.45, 7) is 0.762. The van der Waals surface area contributed by atoms with E-state index in [1.165, 1.54) is 26.4 Å². The Kier molecular flexibility index (Phi) is 6.76. The predicted molar refractivity (Wildman–Crippen MR) is 112 cm³/mol. The number of benzene rings is 2. The number of rotatable bonds is 7. The summed E-state index contributed by atoms with van der Waals surface area (Å²) in [6, 6.07) is 9.31. The van der Waals surface area contributed by atoms with Crippen molar-refractivity contribution in [3.8, 4) is 11.5 Å². The fourth-order valence-corrected chi connectivity index (χ4v) is 4.65. The smallest absolute Gasteiger partial charge is 0.269 e. The Morgan fingerprint density at radius 1 is 1.06 bits per heavy atom. The third kappa shape index (κ3) is 5.30. The van der Waals surface area contributed by atoms with E-state index in [0.29, 0.717) is 43.0 Å². The Hall–Kier alpha value is -3.18. The SMILES string of the molecule is COc1cc(OC)cc(C(=O)N2CCC(NS(=O)(=O)c3ccc([N+](=O)[O-])cc3)CC2)c1. The molecule has 0 spiro atoms. The van der Waals surface area contributed by atoms with E-state index in [1.54, 1.807) is 23.1 Å². The van der Waals surface area contributed by atoms with Crippen LogP contribution >= 0.6 is 0 Å². The zero-order chi connectivity index (χ0) is 22.6. The van der Waals surface area contributed by atoms with Crippen LogP contribution in [0.4, 0.5) is 5.69 Å². The lowest BCUT2D eigenvalue weighted by Gasteiger charge is -2.32. The van der Waals surface area contributed by atoms with Crippen molar-refractivity contribution >= 4 is 21.6 Å². The summed E-state index contributed by atoms with van der Waals surface area (Å²) in [6.07, 6.45) is 0.887. The van der Waals surface area contributed by atoms with E-state index in [9.17, 15) is 23.3 Å². The van der Waals surface area contributed by atoms with Crippen LogP contribution in [0.1, 0.15) is 23.2 Å². The molecule has 11 heteroatoms. The molecule has 0 bridgehead atoms. The number of carbonyl (C=O) groups excluding carboxylic acids is 1. The zero-order valence-corrected chi connectivity index (χ0v) is 17.9. The number of methoxy groups -OCH3 is 2.